The molecule has 0 saturated carbocycles. The van der Waals surface area contributed by atoms with E-state index in [4.69, 9.17) is 13.6 Å². The van der Waals surface area contributed by atoms with Gasteiger partial charge in [0.05, 0.1) is 19.8 Å². The molecule has 7 nitrogen and oxygen atoms in total. The molecule has 0 radical (unpaired) electrons. The largest absolute Gasteiger partial charge is 0.356 e. The van der Waals surface area contributed by atoms with Crippen molar-refractivity contribution in [2.45, 2.75) is 30.4 Å². The average molecular weight is 369 g/mol. The van der Waals surface area contributed by atoms with Gasteiger partial charge in [0, 0.05) is 17.3 Å². The van der Waals surface area contributed by atoms with E-state index in [0.29, 0.717) is 4.90 Å². The van der Waals surface area contributed by atoms with Gasteiger partial charge in [-0.3, -0.25) is 14.1 Å². The molecule has 0 fully saturated rings. The van der Waals surface area contributed by atoms with Crippen LogP contribution in [0.4, 0.5) is 0 Å². The molecule has 126 valence electrons. The van der Waals surface area contributed by atoms with Gasteiger partial charge < -0.3 is 18.5 Å². The Labute approximate surface area is 134 Å². The molecule has 0 aromatic carbocycles. The van der Waals surface area contributed by atoms with Crippen molar-refractivity contribution in [1.82, 2.24) is 4.98 Å². The van der Waals surface area contributed by atoms with Gasteiger partial charge in [-0.05, 0) is 32.9 Å². The highest BCUT2D eigenvalue weighted by atomic mass is 32.2. The first-order valence-electron chi connectivity index (χ1n) is 6.82. The molecule has 0 bridgehead atoms. The lowest BCUT2D eigenvalue weighted by Crippen LogP contribution is -2.12. The zero-order chi connectivity index (χ0) is 16.6. The van der Waals surface area contributed by atoms with Crippen LogP contribution >= 0.6 is 27.0 Å². The van der Waals surface area contributed by atoms with Crippen LogP contribution in [0.25, 0.3) is 0 Å². The van der Waals surface area contributed by atoms with E-state index < -0.39 is 19.9 Å². The summed E-state index contributed by atoms with van der Waals surface area (Å²) >= 11 is 0.909. The van der Waals surface area contributed by atoms with E-state index in [-0.39, 0.29) is 19.8 Å². The second-order valence-electron chi connectivity index (χ2n) is 3.99. The Kier molecular flexibility index (Phi) is 8.28. The van der Waals surface area contributed by atoms with Crippen LogP contribution in [0.3, 0.4) is 0 Å². The van der Waals surface area contributed by atoms with Crippen molar-refractivity contribution < 1.29 is 27.6 Å². The summed E-state index contributed by atoms with van der Waals surface area (Å²) in [6.07, 6.45) is 3.08. The first kappa shape index (κ1) is 19.8. The van der Waals surface area contributed by atoms with Gasteiger partial charge >= 0.3 is 15.2 Å². The van der Waals surface area contributed by atoms with Gasteiger partial charge in [-0.25, -0.2) is 0 Å². The first-order chi connectivity index (χ1) is 10.4. The van der Waals surface area contributed by atoms with Gasteiger partial charge in [0.2, 0.25) is 4.73 Å². The molecule has 0 amide bonds. The topological polar surface area (TPSA) is 95.0 Å². The molecule has 10 heteroatoms. The smallest absolute Gasteiger partial charge is 0.323 e. The lowest BCUT2D eigenvalue weighted by Gasteiger charge is -2.28. The molecule has 1 N–H and O–H groups in total. The summed E-state index contributed by atoms with van der Waals surface area (Å²) in [5.41, 5.74) is 0. The number of hydrogen-bond donors (Lipinski definition) is 1. The first-order valence-corrected chi connectivity index (χ1v) is 11.0. The molecule has 22 heavy (non-hydrogen) atoms. The van der Waals surface area contributed by atoms with E-state index in [1.165, 1.54) is 6.20 Å². The third kappa shape index (κ3) is 5.46. The summed E-state index contributed by atoms with van der Waals surface area (Å²) in [5, 5.41) is 0. The van der Waals surface area contributed by atoms with Gasteiger partial charge in [-0.1, -0.05) is 11.8 Å². The van der Waals surface area contributed by atoms with Crippen molar-refractivity contribution >= 4 is 27.0 Å². The maximum Gasteiger partial charge on any atom is 0.356 e. The van der Waals surface area contributed by atoms with Crippen LogP contribution in [0.15, 0.2) is 29.4 Å². The zero-order valence-corrected chi connectivity index (χ0v) is 15.4. The van der Waals surface area contributed by atoms with Crippen molar-refractivity contribution in [1.29, 1.82) is 0 Å². The fraction of sp³-hybridized carbons (Fsp3) is 0.583. The summed E-state index contributed by atoms with van der Waals surface area (Å²) in [5.74, 6) is 0. The van der Waals surface area contributed by atoms with Crippen molar-refractivity contribution in [2.24, 2.45) is 0 Å². The molecule has 1 heterocycles. The van der Waals surface area contributed by atoms with Gasteiger partial charge in [0.25, 0.3) is 0 Å². The number of nitrogens with zero attached hydrogens (tertiary/aromatic N) is 1. The van der Waals surface area contributed by atoms with Gasteiger partial charge in [-0.2, -0.15) is 0 Å². The lowest BCUT2D eigenvalue weighted by atomic mass is 10.5. The maximum absolute atomic E-state index is 12.9. The molecule has 0 saturated heterocycles. The molecule has 1 rings (SSSR count). The van der Waals surface area contributed by atoms with E-state index in [0.717, 1.165) is 11.8 Å². The van der Waals surface area contributed by atoms with Crippen LogP contribution in [-0.4, -0.2) is 34.4 Å². The quantitative estimate of drug-likeness (QED) is 0.489. The number of hydrogen-bond acceptors (Lipinski definition) is 7. The number of thioether (sulfide) groups is 1. The number of aromatic nitrogens is 1. The average Bonchev–Trinajstić information content (AvgIpc) is 2.46. The Morgan fingerprint density at radius 1 is 1.18 bits per heavy atom. The van der Waals surface area contributed by atoms with Crippen molar-refractivity contribution in [3.8, 4) is 0 Å². The van der Waals surface area contributed by atoms with E-state index >= 15 is 0 Å². The molecular formula is C12H21NO6P2S. The second kappa shape index (κ2) is 9.18. The van der Waals surface area contributed by atoms with Gasteiger partial charge in [-0.15, -0.1) is 0 Å². The Morgan fingerprint density at radius 2 is 1.77 bits per heavy atom. The maximum atomic E-state index is 12.9. The minimum Gasteiger partial charge on any atom is -0.323 e. The van der Waals surface area contributed by atoms with E-state index in [1.807, 2.05) is 0 Å². The molecule has 0 spiro atoms. The summed E-state index contributed by atoms with van der Waals surface area (Å²) in [4.78, 5) is 14.7. The van der Waals surface area contributed by atoms with Crippen molar-refractivity contribution in [3.63, 3.8) is 0 Å². The van der Waals surface area contributed by atoms with Crippen LogP contribution in [0.5, 0.6) is 0 Å². The van der Waals surface area contributed by atoms with E-state index in [9.17, 15) is 14.0 Å². The minimum absolute atomic E-state index is 0.0100. The Morgan fingerprint density at radius 3 is 2.23 bits per heavy atom. The SMILES string of the molecule is CCOP(=O)(O)C(Sc1cccnc1)P(=O)(OCC)OCC. The van der Waals surface area contributed by atoms with Crippen LogP contribution < -0.4 is 0 Å². The molecule has 1 aromatic heterocycles. The monoisotopic (exact) mass is 369 g/mol. The third-order valence-corrected chi connectivity index (χ3v) is 9.98. The van der Waals surface area contributed by atoms with Crippen LogP contribution in [0, 0.1) is 0 Å². The van der Waals surface area contributed by atoms with Crippen LogP contribution in [0.1, 0.15) is 20.8 Å². The predicted octanol–water partition coefficient (Wildman–Crippen LogP) is 3.95. The second-order valence-corrected chi connectivity index (χ2v) is 10.3. The molecule has 2 unspecified atom stereocenters. The highest BCUT2D eigenvalue weighted by molar-refractivity contribution is 8.12. The van der Waals surface area contributed by atoms with Crippen molar-refractivity contribution in [2.75, 3.05) is 19.8 Å². The van der Waals surface area contributed by atoms with Gasteiger partial charge in [0.1, 0.15) is 0 Å². The summed E-state index contributed by atoms with van der Waals surface area (Å²) < 4.78 is 39.4. The molecule has 1 aromatic rings. The summed E-state index contributed by atoms with van der Waals surface area (Å²) in [7, 11) is -8.08. The summed E-state index contributed by atoms with van der Waals surface area (Å²) in [6.45, 7) is 5.05. The molecule has 0 aliphatic heterocycles. The number of rotatable bonds is 10. The fourth-order valence-electron chi connectivity index (χ4n) is 1.62. The van der Waals surface area contributed by atoms with Crippen LogP contribution in [-0.2, 0) is 22.7 Å². The van der Waals surface area contributed by atoms with Crippen LogP contribution in [0.2, 0.25) is 0 Å². The third-order valence-electron chi connectivity index (χ3n) is 2.36. The molecule has 2 atom stereocenters. The minimum atomic E-state index is -4.23. The van der Waals surface area contributed by atoms with E-state index in [1.54, 1.807) is 39.1 Å². The predicted molar refractivity (Wildman–Crippen MR) is 86.2 cm³/mol. The normalized spacial score (nSPS) is 16.2. The fourth-order valence-corrected chi connectivity index (χ4v) is 8.05. The van der Waals surface area contributed by atoms with E-state index in [2.05, 4.69) is 4.98 Å². The standard InChI is InChI=1S/C12H21NO6P2S/c1-4-17-20(14,15)12(21(16,18-5-2)19-6-3)22-11-8-7-9-13-10-11/h7-10,12H,4-6H2,1-3H3,(H,14,15). The molecule has 0 aliphatic rings. The Hall–Kier alpha value is -0.200. The Balaban J connectivity index is 3.20. The highest BCUT2D eigenvalue weighted by Gasteiger charge is 2.50. The number of pyridine rings is 1. The molecule has 0 aliphatic carbocycles. The molecular weight excluding hydrogens is 348 g/mol. The lowest BCUT2D eigenvalue weighted by molar-refractivity contribution is 0.216. The van der Waals surface area contributed by atoms with Crippen molar-refractivity contribution in [3.05, 3.63) is 24.5 Å². The summed E-state index contributed by atoms with van der Waals surface area (Å²) in [6, 6.07) is 3.37. The van der Waals surface area contributed by atoms with Gasteiger partial charge in [0.15, 0.2) is 0 Å². The highest BCUT2D eigenvalue weighted by Crippen LogP contribution is 2.72. The zero-order valence-electron chi connectivity index (χ0n) is 12.7. The Bertz CT molecular complexity index is 534.